The molecule has 1 aromatic carbocycles. The minimum Gasteiger partial charge on any atom is -0.383 e. The number of nitrogens with one attached hydrogen (secondary N) is 2. The Kier molecular flexibility index (Phi) is 4.66. The molecule has 0 saturated heterocycles. The summed E-state index contributed by atoms with van der Waals surface area (Å²) >= 11 is 5.12. The van der Waals surface area contributed by atoms with E-state index in [2.05, 4.69) is 34.0 Å². The quantitative estimate of drug-likeness (QED) is 0.490. The van der Waals surface area contributed by atoms with Gasteiger partial charge >= 0.3 is 0 Å². The van der Waals surface area contributed by atoms with Crippen molar-refractivity contribution >= 4 is 23.0 Å². The molecule has 0 bridgehead atoms. The smallest absolute Gasteiger partial charge is 0.187 e. The summed E-state index contributed by atoms with van der Waals surface area (Å²) < 4.78 is 4.93. The van der Waals surface area contributed by atoms with E-state index >= 15 is 0 Å². The van der Waals surface area contributed by atoms with E-state index in [1.807, 2.05) is 6.07 Å². The molecule has 18 heavy (non-hydrogen) atoms. The van der Waals surface area contributed by atoms with Crippen molar-refractivity contribution in [1.29, 1.82) is 0 Å². The first kappa shape index (κ1) is 13.0. The van der Waals surface area contributed by atoms with Crippen molar-refractivity contribution in [3.63, 3.8) is 0 Å². The monoisotopic (exact) mass is 263 g/mol. The number of ether oxygens (including phenoxy) is 1. The normalized spacial score (nSPS) is 15.5. The summed E-state index contributed by atoms with van der Waals surface area (Å²) in [5.41, 5.74) is 6.53. The van der Waals surface area contributed by atoms with Gasteiger partial charge in [-0.15, -0.1) is 0 Å². The molecule has 2 N–H and O–H groups in total. The molecule has 0 saturated carbocycles. The molecule has 5 heteroatoms. The zero-order valence-electron chi connectivity index (χ0n) is 10.4. The first-order chi connectivity index (χ1) is 8.81. The van der Waals surface area contributed by atoms with Gasteiger partial charge < -0.3 is 10.1 Å². The van der Waals surface area contributed by atoms with Gasteiger partial charge in [0, 0.05) is 19.2 Å². The van der Waals surface area contributed by atoms with Gasteiger partial charge in [-0.3, -0.25) is 5.43 Å². The van der Waals surface area contributed by atoms with Gasteiger partial charge in [0.05, 0.1) is 12.3 Å². The number of hydrazone groups is 1. The lowest BCUT2D eigenvalue weighted by atomic mass is 10.1. The Morgan fingerprint density at radius 2 is 2.22 bits per heavy atom. The molecule has 0 atom stereocenters. The largest absolute Gasteiger partial charge is 0.383 e. The first-order valence-electron chi connectivity index (χ1n) is 5.99. The first-order valence-corrected chi connectivity index (χ1v) is 6.39. The van der Waals surface area contributed by atoms with Crippen molar-refractivity contribution < 1.29 is 4.74 Å². The highest BCUT2D eigenvalue weighted by atomic mass is 32.1. The van der Waals surface area contributed by atoms with Gasteiger partial charge in [0.15, 0.2) is 5.11 Å². The molecule has 1 aliphatic rings. The minimum absolute atomic E-state index is 0.531. The third-order valence-corrected chi connectivity index (χ3v) is 3.08. The Morgan fingerprint density at radius 3 is 3.06 bits per heavy atom. The third-order valence-electron chi connectivity index (χ3n) is 2.84. The molecule has 0 radical (unpaired) electrons. The highest BCUT2D eigenvalue weighted by molar-refractivity contribution is 7.80. The fourth-order valence-corrected chi connectivity index (χ4v) is 2.10. The molecule has 96 valence electrons. The Morgan fingerprint density at radius 1 is 1.39 bits per heavy atom. The van der Waals surface area contributed by atoms with Crippen LogP contribution in [-0.4, -0.2) is 31.1 Å². The van der Waals surface area contributed by atoms with Gasteiger partial charge in [0.2, 0.25) is 0 Å². The summed E-state index contributed by atoms with van der Waals surface area (Å²) in [7, 11) is 1.66. The van der Waals surface area contributed by atoms with E-state index in [1.54, 1.807) is 7.11 Å². The number of fused-ring (bicyclic) bond motifs is 1. The number of methoxy groups -OCH3 is 1. The van der Waals surface area contributed by atoms with Gasteiger partial charge in [0.25, 0.3) is 0 Å². The third kappa shape index (κ3) is 3.27. The van der Waals surface area contributed by atoms with Crippen LogP contribution in [0.3, 0.4) is 0 Å². The van der Waals surface area contributed by atoms with Crippen LogP contribution in [0.25, 0.3) is 0 Å². The summed E-state index contributed by atoms with van der Waals surface area (Å²) in [6.07, 6.45) is 2.02. The van der Waals surface area contributed by atoms with Crippen LogP contribution in [0, 0.1) is 0 Å². The molecule has 0 heterocycles. The SMILES string of the molecule is COCCNC(=S)N/N=C1/CCc2ccccc21. The molecule has 1 aromatic rings. The van der Waals surface area contributed by atoms with Crippen LogP contribution >= 0.6 is 12.2 Å². The van der Waals surface area contributed by atoms with Gasteiger partial charge in [0.1, 0.15) is 0 Å². The number of benzene rings is 1. The second-order valence-corrected chi connectivity index (χ2v) is 4.48. The Labute approximate surface area is 112 Å². The maximum absolute atomic E-state index is 5.12. The van der Waals surface area contributed by atoms with Crippen molar-refractivity contribution in [1.82, 2.24) is 10.7 Å². The number of rotatable bonds is 4. The van der Waals surface area contributed by atoms with E-state index in [-0.39, 0.29) is 0 Å². The number of hydrogen-bond donors (Lipinski definition) is 2. The maximum atomic E-state index is 5.12. The van der Waals surface area contributed by atoms with Gasteiger partial charge in [-0.2, -0.15) is 5.10 Å². The van der Waals surface area contributed by atoms with E-state index in [0.29, 0.717) is 18.3 Å². The summed E-state index contributed by atoms with van der Waals surface area (Å²) in [4.78, 5) is 0. The van der Waals surface area contributed by atoms with Crippen LogP contribution in [-0.2, 0) is 11.2 Å². The lowest BCUT2D eigenvalue weighted by Gasteiger charge is -2.07. The molecular formula is C13H17N3OS. The molecule has 0 aliphatic heterocycles. The van der Waals surface area contributed by atoms with Crippen LogP contribution in [0.15, 0.2) is 29.4 Å². The van der Waals surface area contributed by atoms with E-state index in [1.165, 1.54) is 11.1 Å². The summed E-state index contributed by atoms with van der Waals surface area (Å²) in [5, 5.41) is 7.92. The zero-order chi connectivity index (χ0) is 12.8. The molecule has 0 unspecified atom stereocenters. The Bertz CT molecular complexity index is 459. The second-order valence-electron chi connectivity index (χ2n) is 4.08. The molecule has 0 aromatic heterocycles. The summed E-state index contributed by atoms with van der Waals surface area (Å²) in [6.45, 7) is 1.31. The molecule has 0 fully saturated rings. The van der Waals surface area contributed by atoms with Gasteiger partial charge in [-0.25, -0.2) is 0 Å². The average molecular weight is 263 g/mol. The number of aryl methyl sites for hydroxylation is 1. The minimum atomic E-state index is 0.531. The lowest BCUT2D eigenvalue weighted by Crippen LogP contribution is -2.34. The molecule has 4 nitrogen and oxygen atoms in total. The van der Waals surface area contributed by atoms with Gasteiger partial charge in [-0.05, 0) is 30.6 Å². The van der Waals surface area contributed by atoms with Crippen LogP contribution in [0.1, 0.15) is 17.5 Å². The predicted molar refractivity (Wildman–Crippen MR) is 76.9 cm³/mol. The van der Waals surface area contributed by atoms with Crippen LogP contribution < -0.4 is 10.7 Å². The van der Waals surface area contributed by atoms with Crippen molar-refractivity contribution in [3.8, 4) is 0 Å². The van der Waals surface area contributed by atoms with E-state index in [0.717, 1.165) is 18.6 Å². The number of nitrogens with zero attached hydrogens (tertiary/aromatic N) is 1. The van der Waals surface area contributed by atoms with E-state index in [9.17, 15) is 0 Å². The molecular weight excluding hydrogens is 246 g/mol. The Balaban J connectivity index is 1.89. The number of thiocarbonyl (C=S) groups is 1. The molecule has 2 rings (SSSR count). The number of hydrogen-bond acceptors (Lipinski definition) is 3. The zero-order valence-corrected chi connectivity index (χ0v) is 11.2. The summed E-state index contributed by atoms with van der Waals surface area (Å²) in [6, 6.07) is 8.35. The highest BCUT2D eigenvalue weighted by Gasteiger charge is 2.16. The maximum Gasteiger partial charge on any atom is 0.187 e. The lowest BCUT2D eigenvalue weighted by molar-refractivity contribution is 0.204. The van der Waals surface area contributed by atoms with Crippen molar-refractivity contribution in [2.75, 3.05) is 20.3 Å². The Hall–Kier alpha value is -1.46. The standard InChI is InChI=1S/C13H17N3OS/c1-17-9-8-14-13(18)16-15-12-7-6-10-4-2-3-5-11(10)12/h2-5H,6-9H2,1H3,(H2,14,16,18)/b15-12-. The average Bonchev–Trinajstić information content (AvgIpc) is 2.80. The predicted octanol–water partition coefficient (Wildman–Crippen LogP) is 1.45. The highest BCUT2D eigenvalue weighted by Crippen LogP contribution is 2.21. The summed E-state index contributed by atoms with van der Waals surface area (Å²) in [5.74, 6) is 0. The van der Waals surface area contributed by atoms with Crippen molar-refractivity contribution in [3.05, 3.63) is 35.4 Å². The van der Waals surface area contributed by atoms with Crippen LogP contribution in [0.4, 0.5) is 0 Å². The van der Waals surface area contributed by atoms with Crippen LogP contribution in [0.2, 0.25) is 0 Å². The second kappa shape index (κ2) is 6.47. The van der Waals surface area contributed by atoms with Crippen molar-refractivity contribution in [2.24, 2.45) is 5.10 Å². The molecule has 1 aliphatic carbocycles. The topological polar surface area (TPSA) is 45.6 Å². The van der Waals surface area contributed by atoms with E-state index in [4.69, 9.17) is 17.0 Å². The van der Waals surface area contributed by atoms with Gasteiger partial charge in [-0.1, -0.05) is 24.3 Å². The van der Waals surface area contributed by atoms with Crippen LogP contribution in [0.5, 0.6) is 0 Å². The fourth-order valence-electron chi connectivity index (χ4n) is 1.95. The van der Waals surface area contributed by atoms with Crippen molar-refractivity contribution in [2.45, 2.75) is 12.8 Å². The fraction of sp³-hybridized carbons (Fsp3) is 0.385. The van der Waals surface area contributed by atoms with E-state index < -0.39 is 0 Å². The molecule has 0 amide bonds. The molecule has 0 spiro atoms.